The summed E-state index contributed by atoms with van der Waals surface area (Å²) in [6.45, 7) is 4.09. The van der Waals surface area contributed by atoms with Crippen molar-refractivity contribution in [2.75, 3.05) is 0 Å². The number of allylic oxidation sites excluding steroid dienone is 2. The van der Waals surface area contributed by atoms with E-state index in [4.69, 9.17) is 5.11 Å². The Morgan fingerprint density at radius 2 is 2.06 bits per heavy atom. The van der Waals surface area contributed by atoms with Crippen molar-refractivity contribution in [3.63, 3.8) is 0 Å². The minimum absolute atomic E-state index is 0.0900. The average Bonchev–Trinajstić information content (AvgIpc) is 2.35. The van der Waals surface area contributed by atoms with Crippen molar-refractivity contribution < 1.29 is 9.90 Å². The molecule has 0 unspecified atom stereocenters. The monoisotopic (exact) mass is 241 g/mol. The van der Waals surface area contributed by atoms with Crippen LogP contribution in [0.1, 0.15) is 29.9 Å². The quantitative estimate of drug-likeness (QED) is 0.837. The van der Waals surface area contributed by atoms with E-state index in [1.807, 2.05) is 32.0 Å². The largest absolute Gasteiger partial charge is 0.477 e. The molecular weight excluding hydrogens is 226 g/mol. The summed E-state index contributed by atoms with van der Waals surface area (Å²) in [5.41, 5.74) is 3.15. The van der Waals surface area contributed by atoms with Gasteiger partial charge >= 0.3 is 5.97 Å². The van der Waals surface area contributed by atoms with Gasteiger partial charge in [-0.05, 0) is 31.9 Å². The molecule has 3 nitrogen and oxygen atoms in total. The second-order valence-corrected chi connectivity index (χ2v) is 4.48. The second kappa shape index (κ2) is 5.00. The molecule has 2 rings (SSSR count). The Bertz CT molecular complexity index is 625. The smallest absolute Gasteiger partial charge is 0.354 e. The van der Waals surface area contributed by atoms with E-state index in [1.165, 1.54) is 11.6 Å². The molecule has 0 aliphatic rings. The number of para-hydroxylation sites is 1. The van der Waals surface area contributed by atoms with Crippen molar-refractivity contribution in [2.24, 2.45) is 0 Å². The third-order valence-electron chi connectivity index (χ3n) is 2.75. The van der Waals surface area contributed by atoms with E-state index < -0.39 is 5.97 Å². The first-order chi connectivity index (χ1) is 8.58. The lowest BCUT2D eigenvalue weighted by molar-refractivity contribution is 0.0691. The fourth-order valence-electron chi connectivity index (χ4n) is 1.81. The van der Waals surface area contributed by atoms with E-state index in [0.29, 0.717) is 0 Å². The second-order valence-electron chi connectivity index (χ2n) is 4.48. The molecule has 2 aromatic rings. The van der Waals surface area contributed by atoms with Crippen LogP contribution in [0.4, 0.5) is 0 Å². The number of rotatable bonds is 3. The van der Waals surface area contributed by atoms with E-state index >= 15 is 0 Å². The highest BCUT2D eigenvalue weighted by Crippen LogP contribution is 2.18. The van der Waals surface area contributed by atoms with Crippen LogP contribution >= 0.6 is 0 Å². The number of fused-ring (bicyclic) bond motifs is 1. The standard InChI is InChI=1S/C15H15NO2/c1-10(2)6-7-11-4-3-5-12-8-9-13(15(17)18)16-14(11)12/h3-6,8-9H,7H2,1-2H3,(H,17,18). The number of benzene rings is 1. The van der Waals surface area contributed by atoms with Gasteiger partial charge in [0.05, 0.1) is 5.52 Å². The van der Waals surface area contributed by atoms with Gasteiger partial charge < -0.3 is 5.11 Å². The van der Waals surface area contributed by atoms with Crippen LogP contribution < -0.4 is 0 Å². The molecule has 0 spiro atoms. The number of aromatic carboxylic acids is 1. The Morgan fingerprint density at radius 1 is 1.28 bits per heavy atom. The van der Waals surface area contributed by atoms with Gasteiger partial charge in [-0.15, -0.1) is 0 Å². The van der Waals surface area contributed by atoms with Crippen molar-refractivity contribution in [3.8, 4) is 0 Å². The lowest BCUT2D eigenvalue weighted by Crippen LogP contribution is -2.01. The summed E-state index contributed by atoms with van der Waals surface area (Å²) < 4.78 is 0. The highest BCUT2D eigenvalue weighted by atomic mass is 16.4. The Hall–Kier alpha value is -2.16. The highest BCUT2D eigenvalue weighted by Gasteiger charge is 2.07. The summed E-state index contributed by atoms with van der Waals surface area (Å²) in [5, 5.41) is 9.95. The molecule has 0 saturated heterocycles. The molecule has 0 saturated carbocycles. The summed E-state index contributed by atoms with van der Waals surface area (Å²) in [5.74, 6) is -0.992. The Morgan fingerprint density at radius 3 is 2.72 bits per heavy atom. The molecule has 0 aliphatic heterocycles. The Labute approximate surface area is 106 Å². The molecule has 3 heteroatoms. The summed E-state index contributed by atoms with van der Waals surface area (Å²) in [7, 11) is 0. The van der Waals surface area contributed by atoms with Crippen molar-refractivity contribution in [2.45, 2.75) is 20.3 Å². The van der Waals surface area contributed by atoms with E-state index in [9.17, 15) is 4.79 Å². The van der Waals surface area contributed by atoms with Gasteiger partial charge in [-0.1, -0.05) is 35.9 Å². The molecule has 18 heavy (non-hydrogen) atoms. The molecule has 1 heterocycles. The van der Waals surface area contributed by atoms with E-state index in [1.54, 1.807) is 6.07 Å². The molecule has 0 fully saturated rings. The van der Waals surface area contributed by atoms with Crippen LogP contribution in [0.25, 0.3) is 10.9 Å². The maximum atomic E-state index is 10.9. The predicted molar refractivity (Wildman–Crippen MR) is 71.8 cm³/mol. The molecule has 0 atom stereocenters. The zero-order chi connectivity index (χ0) is 13.1. The van der Waals surface area contributed by atoms with Crippen molar-refractivity contribution in [1.82, 2.24) is 4.98 Å². The van der Waals surface area contributed by atoms with E-state index in [2.05, 4.69) is 11.1 Å². The number of aromatic nitrogens is 1. The summed E-state index contributed by atoms with van der Waals surface area (Å²) in [4.78, 5) is 15.2. The molecule has 0 aliphatic carbocycles. The number of hydrogen-bond acceptors (Lipinski definition) is 2. The molecule has 1 aromatic carbocycles. The molecular formula is C15H15NO2. The van der Waals surface area contributed by atoms with Crippen LogP contribution in [-0.2, 0) is 6.42 Å². The van der Waals surface area contributed by atoms with Crippen LogP contribution in [0, 0.1) is 0 Å². The van der Waals surface area contributed by atoms with E-state index in [-0.39, 0.29) is 5.69 Å². The topological polar surface area (TPSA) is 50.2 Å². The average molecular weight is 241 g/mol. The fraction of sp³-hybridized carbons (Fsp3) is 0.200. The van der Waals surface area contributed by atoms with Crippen LogP contribution in [0.15, 0.2) is 42.0 Å². The lowest BCUT2D eigenvalue weighted by atomic mass is 10.1. The number of hydrogen-bond donors (Lipinski definition) is 1. The first kappa shape index (κ1) is 12.3. The predicted octanol–water partition coefficient (Wildman–Crippen LogP) is 3.44. The molecule has 1 aromatic heterocycles. The van der Waals surface area contributed by atoms with Crippen molar-refractivity contribution in [1.29, 1.82) is 0 Å². The zero-order valence-electron chi connectivity index (χ0n) is 10.5. The maximum Gasteiger partial charge on any atom is 0.354 e. The van der Waals surface area contributed by atoms with Gasteiger partial charge in [-0.25, -0.2) is 9.78 Å². The molecule has 0 bridgehead atoms. The van der Waals surface area contributed by atoms with Crippen molar-refractivity contribution in [3.05, 3.63) is 53.2 Å². The number of carboxylic acids is 1. The zero-order valence-corrected chi connectivity index (χ0v) is 10.5. The van der Waals surface area contributed by atoms with Gasteiger partial charge in [0.2, 0.25) is 0 Å². The first-order valence-electron chi connectivity index (χ1n) is 5.83. The summed E-state index contributed by atoms with van der Waals surface area (Å²) in [6, 6.07) is 9.24. The van der Waals surface area contributed by atoms with Crippen LogP contribution in [-0.4, -0.2) is 16.1 Å². The molecule has 0 amide bonds. The van der Waals surface area contributed by atoms with Crippen LogP contribution in [0.2, 0.25) is 0 Å². The van der Waals surface area contributed by atoms with Gasteiger partial charge in [0.1, 0.15) is 5.69 Å². The summed E-state index contributed by atoms with van der Waals surface area (Å²) in [6.07, 6.45) is 2.89. The number of carboxylic acid groups (broad SMARTS) is 1. The van der Waals surface area contributed by atoms with Crippen LogP contribution in [0.3, 0.4) is 0 Å². The van der Waals surface area contributed by atoms with Gasteiger partial charge in [0.25, 0.3) is 0 Å². The third kappa shape index (κ3) is 2.56. The van der Waals surface area contributed by atoms with E-state index in [0.717, 1.165) is 22.9 Å². The highest BCUT2D eigenvalue weighted by molar-refractivity contribution is 5.90. The Balaban J connectivity index is 2.55. The molecule has 1 N–H and O–H groups in total. The third-order valence-corrected chi connectivity index (χ3v) is 2.75. The van der Waals surface area contributed by atoms with Crippen LogP contribution in [0.5, 0.6) is 0 Å². The lowest BCUT2D eigenvalue weighted by Gasteiger charge is -2.05. The number of nitrogens with zero attached hydrogens (tertiary/aromatic N) is 1. The molecule has 92 valence electrons. The van der Waals surface area contributed by atoms with Gasteiger partial charge in [-0.3, -0.25) is 0 Å². The first-order valence-corrected chi connectivity index (χ1v) is 5.83. The van der Waals surface area contributed by atoms with Gasteiger partial charge in [0, 0.05) is 5.39 Å². The number of pyridine rings is 1. The van der Waals surface area contributed by atoms with Gasteiger partial charge in [-0.2, -0.15) is 0 Å². The Kier molecular flexibility index (Phi) is 3.42. The number of carbonyl (C=O) groups is 1. The molecule has 0 radical (unpaired) electrons. The fourth-order valence-corrected chi connectivity index (χ4v) is 1.81. The maximum absolute atomic E-state index is 10.9. The minimum Gasteiger partial charge on any atom is -0.477 e. The summed E-state index contributed by atoms with van der Waals surface area (Å²) >= 11 is 0. The normalized spacial score (nSPS) is 10.3. The van der Waals surface area contributed by atoms with Crippen molar-refractivity contribution >= 4 is 16.9 Å². The SMILES string of the molecule is CC(C)=CCc1cccc2ccc(C(=O)O)nc12. The minimum atomic E-state index is -0.992. The van der Waals surface area contributed by atoms with Gasteiger partial charge in [0.15, 0.2) is 0 Å².